The Bertz CT molecular complexity index is 979. The molecule has 0 saturated carbocycles. The van der Waals surface area contributed by atoms with E-state index >= 15 is 0 Å². The summed E-state index contributed by atoms with van der Waals surface area (Å²) in [5.74, 6) is 0.442. The second-order valence-electron chi connectivity index (χ2n) is 6.84. The number of aromatic nitrogens is 4. The standard InChI is InChI=1S/C21H25N5O2/c1-16(19-9-12-22-13-10-19)24(3)20(27)15-26-21(28)25(17(2)23-26)14-11-18-7-5-4-6-8-18/h4-10,12-13,16H,11,14-15H2,1-3H3/t16-/m0/s1. The molecular formula is C21H25N5O2. The van der Waals surface area contributed by atoms with E-state index in [0.717, 1.165) is 17.5 Å². The van der Waals surface area contributed by atoms with Gasteiger partial charge in [-0.15, -0.1) is 0 Å². The number of carbonyl (C=O) groups is 1. The van der Waals surface area contributed by atoms with Gasteiger partial charge < -0.3 is 4.90 Å². The Morgan fingerprint density at radius 3 is 2.50 bits per heavy atom. The van der Waals surface area contributed by atoms with Gasteiger partial charge >= 0.3 is 5.69 Å². The van der Waals surface area contributed by atoms with Crippen LogP contribution in [-0.2, 0) is 24.3 Å². The van der Waals surface area contributed by atoms with Crippen molar-refractivity contribution in [2.45, 2.75) is 39.4 Å². The Balaban J connectivity index is 1.69. The van der Waals surface area contributed by atoms with Crippen molar-refractivity contribution in [2.24, 2.45) is 0 Å². The molecule has 3 aromatic rings. The molecule has 7 nitrogen and oxygen atoms in total. The number of hydrogen-bond acceptors (Lipinski definition) is 4. The first kappa shape index (κ1) is 19.5. The number of nitrogens with zero attached hydrogens (tertiary/aromatic N) is 5. The molecule has 0 unspecified atom stereocenters. The average molecular weight is 379 g/mol. The maximum Gasteiger partial charge on any atom is 0.346 e. The van der Waals surface area contributed by atoms with Crippen LogP contribution in [0.2, 0.25) is 0 Å². The summed E-state index contributed by atoms with van der Waals surface area (Å²) in [7, 11) is 1.73. The van der Waals surface area contributed by atoms with Gasteiger partial charge in [-0.3, -0.25) is 14.3 Å². The second kappa shape index (κ2) is 8.65. The monoisotopic (exact) mass is 379 g/mol. The van der Waals surface area contributed by atoms with E-state index in [1.165, 1.54) is 4.68 Å². The first-order chi connectivity index (χ1) is 13.5. The topological polar surface area (TPSA) is 73.0 Å². The molecule has 2 heterocycles. The van der Waals surface area contributed by atoms with E-state index in [1.807, 2.05) is 49.4 Å². The normalized spacial score (nSPS) is 12.0. The van der Waals surface area contributed by atoms with Gasteiger partial charge in [0.1, 0.15) is 12.4 Å². The fourth-order valence-corrected chi connectivity index (χ4v) is 3.12. The Hall–Kier alpha value is -3.22. The first-order valence-electron chi connectivity index (χ1n) is 9.31. The van der Waals surface area contributed by atoms with Crippen LogP contribution in [0.4, 0.5) is 0 Å². The minimum absolute atomic E-state index is 0.0794. The number of likely N-dealkylation sites (N-methyl/N-ethyl adjacent to an activating group) is 1. The predicted octanol–water partition coefficient (Wildman–Crippen LogP) is 2.21. The van der Waals surface area contributed by atoms with E-state index in [4.69, 9.17) is 0 Å². The highest BCUT2D eigenvalue weighted by atomic mass is 16.2. The van der Waals surface area contributed by atoms with Crippen molar-refractivity contribution in [1.29, 1.82) is 0 Å². The van der Waals surface area contributed by atoms with E-state index in [2.05, 4.69) is 10.1 Å². The van der Waals surface area contributed by atoms with Gasteiger partial charge in [-0.05, 0) is 43.5 Å². The van der Waals surface area contributed by atoms with Gasteiger partial charge in [0, 0.05) is 26.0 Å². The number of amides is 1. The molecule has 1 atom stereocenters. The van der Waals surface area contributed by atoms with Crippen LogP contribution in [0.5, 0.6) is 0 Å². The summed E-state index contributed by atoms with van der Waals surface area (Å²) in [6.45, 7) is 4.19. The van der Waals surface area contributed by atoms with Crippen LogP contribution < -0.4 is 5.69 Å². The molecule has 28 heavy (non-hydrogen) atoms. The summed E-state index contributed by atoms with van der Waals surface area (Å²) < 4.78 is 2.87. The van der Waals surface area contributed by atoms with Gasteiger partial charge in [0.05, 0.1) is 6.04 Å². The third kappa shape index (κ3) is 4.36. The molecule has 0 radical (unpaired) electrons. The summed E-state index contributed by atoms with van der Waals surface area (Å²) in [6.07, 6.45) is 4.14. The fraction of sp³-hybridized carbons (Fsp3) is 0.333. The third-order valence-electron chi connectivity index (χ3n) is 5.02. The van der Waals surface area contributed by atoms with E-state index in [-0.39, 0.29) is 24.2 Å². The Labute approximate surface area is 164 Å². The fourth-order valence-electron chi connectivity index (χ4n) is 3.12. The molecular weight excluding hydrogens is 354 g/mol. The molecule has 0 aliphatic carbocycles. The molecule has 0 N–H and O–H groups in total. The maximum atomic E-state index is 12.7. The minimum atomic E-state index is -0.258. The third-order valence-corrected chi connectivity index (χ3v) is 5.02. The van der Waals surface area contributed by atoms with Gasteiger partial charge in [-0.25, -0.2) is 9.48 Å². The van der Waals surface area contributed by atoms with E-state index < -0.39 is 0 Å². The van der Waals surface area contributed by atoms with Crippen molar-refractivity contribution in [3.8, 4) is 0 Å². The number of hydrogen-bond donors (Lipinski definition) is 0. The Kier molecular flexibility index (Phi) is 6.03. The summed E-state index contributed by atoms with van der Waals surface area (Å²) in [5, 5.41) is 4.29. The van der Waals surface area contributed by atoms with Crippen molar-refractivity contribution in [2.75, 3.05) is 7.05 Å². The lowest BCUT2D eigenvalue weighted by atomic mass is 10.1. The van der Waals surface area contributed by atoms with Crippen LogP contribution in [0, 0.1) is 6.92 Å². The Morgan fingerprint density at radius 1 is 1.14 bits per heavy atom. The molecule has 0 aliphatic heterocycles. The molecule has 146 valence electrons. The van der Waals surface area contributed by atoms with Crippen LogP contribution in [0.1, 0.15) is 29.9 Å². The minimum Gasteiger partial charge on any atom is -0.337 e. The number of carbonyl (C=O) groups excluding carboxylic acids is 1. The van der Waals surface area contributed by atoms with Crippen molar-refractivity contribution >= 4 is 5.91 Å². The number of aryl methyl sites for hydroxylation is 2. The van der Waals surface area contributed by atoms with Crippen LogP contribution in [0.3, 0.4) is 0 Å². The van der Waals surface area contributed by atoms with Crippen LogP contribution in [0.25, 0.3) is 0 Å². The quantitative estimate of drug-likeness (QED) is 0.631. The summed E-state index contributed by atoms with van der Waals surface area (Å²) >= 11 is 0. The molecule has 0 fully saturated rings. The molecule has 0 bridgehead atoms. The average Bonchev–Trinajstić information content (AvgIpc) is 2.99. The van der Waals surface area contributed by atoms with Gasteiger partial charge in [0.25, 0.3) is 0 Å². The molecule has 0 saturated heterocycles. The van der Waals surface area contributed by atoms with Crippen molar-refractivity contribution < 1.29 is 4.79 Å². The van der Waals surface area contributed by atoms with E-state index in [1.54, 1.807) is 35.8 Å². The SMILES string of the molecule is Cc1nn(CC(=O)N(C)[C@@H](C)c2ccncc2)c(=O)n1CCc1ccccc1. The maximum absolute atomic E-state index is 12.7. The van der Waals surface area contributed by atoms with Gasteiger partial charge in [-0.1, -0.05) is 30.3 Å². The summed E-state index contributed by atoms with van der Waals surface area (Å²) in [6, 6.07) is 13.6. The van der Waals surface area contributed by atoms with Crippen molar-refractivity contribution in [3.63, 3.8) is 0 Å². The molecule has 0 spiro atoms. The highest BCUT2D eigenvalue weighted by Gasteiger charge is 2.20. The predicted molar refractivity (Wildman–Crippen MR) is 107 cm³/mol. The lowest BCUT2D eigenvalue weighted by Gasteiger charge is -2.25. The summed E-state index contributed by atoms with van der Waals surface area (Å²) in [5.41, 5.74) is 1.89. The number of benzene rings is 1. The molecule has 1 amide bonds. The van der Waals surface area contributed by atoms with E-state index in [0.29, 0.717) is 12.4 Å². The van der Waals surface area contributed by atoms with Crippen molar-refractivity contribution in [1.82, 2.24) is 24.2 Å². The molecule has 2 aromatic heterocycles. The number of pyridine rings is 1. The zero-order valence-corrected chi connectivity index (χ0v) is 16.4. The van der Waals surface area contributed by atoms with Crippen LogP contribution >= 0.6 is 0 Å². The smallest absolute Gasteiger partial charge is 0.337 e. The lowest BCUT2D eigenvalue weighted by Crippen LogP contribution is -2.36. The van der Waals surface area contributed by atoms with Gasteiger partial charge in [0.2, 0.25) is 5.91 Å². The van der Waals surface area contributed by atoms with Gasteiger partial charge in [0.15, 0.2) is 0 Å². The highest BCUT2D eigenvalue weighted by molar-refractivity contribution is 5.76. The molecule has 1 aromatic carbocycles. The zero-order valence-electron chi connectivity index (χ0n) is 16.4. The largest absolute Gasteiger partial charge is 0.346 e. The number of rotatable bonds is 7. The zero-order chi connectivity index (χ0) is 20.1. The van der Waals surface area contributed by atoms with Crippen molar-refractivity contribution in [3.05, 3.63) is 82.3 Å². The lowest BCUT2D eigenvalue weighted by molar-refractivity contribution is -0.132. The molecule has 3 rings (SSSR count). The van der Waals surface area contributed by atoms with Crippen LogP contribution in [0.15, 0.2) is 59.7 Å². The van der Waals surface area contributed by atoms with Crippen LogP contribution in [-0.4, -0.2) is 37.2 Å². The highest BCUT2D eigenvalue weighted by Crippen LogP contribution is 2.17. The summed E-state index contributed by atoms with van der Waals surface area (Å²) in [4.78, 5) is 31.0. The van der Waals surface area contributed by atoms with E-state index in [9.17, 15) is 9.59 Å². The van der Waals surface area contributed by atoms with Gasteiger partial charge in [-0.2, -0.15) is 5.10 Å². The first-order valence-corrected chi connectivity index (χ1v) is 9.31. The molecule has 0 aliphatic rings. The Morgan fingerprint density at radius 2 is 1.82 bits per heavy atom. The second-order valence-corrected chi connectivity index (χ2v) is 6.84. The molecule has 7 heteroatoms.